The number of pyridine rings is 1. The summed E-state index contributed by atoms with van der Waals surface area (Å²) in [4.78, 5) is 27.7. The van der Waals surface area contributed by atoms with Gasteiger partial charge in [0.15, 0.2) is 0 Å². The molecule has 0 radical (unpaired) electrons. The van der Waals surface area contributed by atoms with Gasteiger partial charge in [-0.3, -0.25) is 4.79 Å². The molecule has 0 fully saturated rings. The van der Waals surface area contributed by atoms with Crippen molar-refractivity contribution in [2.45, 2.75) is 19.4 Å². The molecular formula is C16H15N3O3. The molecule has 1 amide bonds. The number of carbonyl (C=O) groups is 2. The first-order valence-electron chi connectivity index (χ1n) is 6.79. The smallest absolute Gasteiger partial charge is 0.326 e. The SMILES string of the molecule is C[C@@H](CC#N)[C@H](NC(=O)c1ccc2ccccc2n1)C(=O)O. The fourth-order valence-corrected chi connectivity index (χ4v) is 2.12. The lowest BCUT2D eigenvalue weighted by Crippen LogP contribution is -2.45. The number of aromatic nitrogens is 1. The van der Waals surface area contributed by atoms with Crippen LogP contribution < -0.4 is 5.32 Å². The number of hydrogen-bond acceptors (Lipinski definition) is 4. The number of carboxylic acids is 1. The predicted molar refractivity (Wildman–Crippen MR) is 80.0 cm³/mol. The molecule has 0 unspecified atom stereocenters. The van der Waals surface area contributed by atoms with Crippen LogP contribution in [-0.2, 0) is 4.79 Å². The molecule has 0 bridgehead atoms. The standard InChI is InChI=1S/C16H15N3O3/c1-10(8-9-17)14(16(21)22)19-15(20)13-7-6-11-4-2-3-5-12(11)18-13/h2-7,10,14H,8H2,1H3,(H,19,20)(H,21,22)/t10-,14-/m0/s1. The van der Waals surface area contributed by atoms with Gasteiger partial charge in [-0.2, -0.15) is 5.26 Å². The summed E-state index contributed by atoms with van der Waals surface area (Å²) in [5.41, 5.74) is 0.807. The van der Waals surface area contributed by atoms with E-state index >= 15 is 0 Å². The number of fused-ring (bicyclic) bond motifs is 1. The van der Waals surface area contributed by atoms with Crippen LogP contribution in [0.15, 0.2) is 36.4 Å². The number of hydrogen-bond donors (Lipinski definition) is 2. The fourth-order valence-electron chi connectivity index (χ4n) is 2.12. The topological polar surface area (TPSA) is 103 Å². The summed E-state index contributed by atoms with van der Waals surface area (Å²) in [6, 6.07) is 11.4. The van der Waals surface area contributed by atoms with Gasteiger partial charge in [-0.1, -0.05) is 31.2 Å². The quantitative estimate of drug-likeness (QED) is 0.878. The fraction of sp³-hybridized carbons (Fsp3) is 0.250. The van der Waals surface area contributed by atoms with E-state index in [-0.39, 0.29) is 12.1 Å². The van der Waals surface area contributed by atoms with Crippen LogP contribution in [0.1, 0.15) is 23.8 Å². The van der Waals surface area contributed by atoms with Crippen LogP contribution in [0, 0.1) is 17.2 Å². The second kappa shape index (κ2) is 6.68. The Morgan fingerprint density at radius 2 is 2.05 bits per heavy atom. The molecule has 1 aromatic heterocycles. The van der Waals surface area contributed by atoms with Crippen molar-refractivity contribution in [3.8, 4) is 6.07 Å². The van der Waals surface area contributed by atoms with Crippen molar-refractivity contribution in [3.63, 3.8) is 0 Å². The van der Waals surface area contributed by atoms with Crippen LogP contribution in [0.5, 0.6) is 0 Å². The molecule has 2 atom stereocenters. The highest BCUT2D eigenvalue weighted by molar-refractivity contribution is 5.97. The molecule has 0 aliphatic heterocycles. The number of carbonyl (C=O) groups excluding carboxylic acids is 1. The van der Waals surface area contributed by atoms with Crippen molar-refractivity contribution in [1.82, 2.24) is 10.3 Å². The largest absolute Gasteiger partial charge is 0.480 e. The van der Waals surface area contributed by atoms with E-state index in [9.17, 15) is 14.7 Å². The van der Waals surface area contributed by atoms with Gasteiger partial charge in [0, 0.05) is 17.7 Å². The number of para-hydroxylation sites is 1. The monoisotopic (exact) mass is 297 g/mol. The zero-order valence-electron chi connectivity index (χ0n) is 12.0. The van der Waals surface area contributed by atoms with Gasteiger partial charge >= 0.3 is 5.97 Å². The summed E-state index contributed by atoms with van der Waals surface area (Å²) in [6.07, 6.45) is 0.0440. The van der Waals surface area contributed by atoms with E-state index in [1.807, 2.05) is 24.3 Å². The maximum absolute atomic E-state index is 12.2. The van der Waals surface area contributed by atoms with Gasteiger partial charge in [0.05, 0.1) is 11.6 Å². The lowest BCUT2D eigenvalue weighted by Gasteiger charge is -2.19. The van der Waals surface area contributed by atoms with Gasteiger partial charge in [0.25, 0.3) is 5.91 Å². The zero-order valence-corrected chi connectivity index (χ0v) is 12.0. The van der Waals surface area contributed by atoms with Crippen LogP contribution in [0.3, 0.4) is 0 Å². The third kappa shape index (κ3) is 3.38. The first-order chi connectivity index (χ1) is 10.5. The number of nitrogens with zero attached hydrogens (tertiary/aromatic N) is 2. The number of rotatable bonds is 5. The number of amides is 1. The molecule has 2 N–H and O–H groups in total. The molecule has 0 saturated carbocycles. The normalized spacial score (nSPS) is 13.1. The minimum absolute atomic E-state index is 0.0440. The molecule has 0 aliphatic carbocycles. The molecule has 0 aliphatic rings. The van der Waals surface area contributed by atoms with Gasteiger partial charge in [0.2, 0.25) is 0 Å². The van der Waals surface area contributed by atoms with Crippen molar-refractivity contribution < 1.29 is 14.7 Å². The molecule has 22 heavy (non-hydrogen) atoms. The molecule has 0 saturated heterocycles. The summed E-state index contributed by atoms with van der Waals surface area (Å²) in [6.45, 7) is 1.61. The molecule has 6 nitrogen and oxygen atoms in total. The van der Waals surface area contributed by atoms with Crippen LogP contribution in [0.2, 0.25) is 0 Å². The average molecular weight is 297 g/mol. The highest BCUT2D eigenvalue weighted by Crippen LogP contribution is 2.13. The third-order valence-electron chi connectivity index (χ3n) is 3.37. The Morgan fingerprint density at radius 1 is 1.32 bits per heavy atom. The molecule has 112 valence electrons. The van der Waals surface area contributed by atoms with Crippen molar-refractivity contribution in [1.29, 1.82) is 5.26 Å². The number of nitrogens with one attached hydrogen (secondary N) is 1. The van der Waals surface area contributed by atoms with Crippen LogP contribution >= 0.6 is 0 Å². The van der Waals surface area contributed by atoms with E-state index in [0.29, 0.717) is 5.52 Å². The lowest BCUT2D eigenvalue weighted by molar-refractivity contribution is -0.140. The number of nitriles is 1. The highest BCUT2D eigenvalue weighted by atomic mass is 16.4. The van der Waals surface area contributed by atoms with Gasteiger partial charge in [0.1, 0.15) is 11.7 Å². The average Bonchev–Trinajstić information content (AvgIpc) is 2.51. The summed E-state index contributed by atoms with van der Waals surface area (Å²) in [7, 11) is 0. The molecule has 1 heterocycles. The Kier molecular flexibility index (Phi) is 4.69. The van der Waals surface area contributed by atoms with Gasteiger partial charge in [-0.05, 0) is 12.1 Å². The molecule has 2 rings (SSSR count). The predicted octanol–water partition coefficient (Wildman–Crippen LogP) is 1.97. The summed E-state index contributed by atoms with van der Waals surface area (Å²) < 4.78 is 0. The number of carboxylic acid groups (broad SMARTS) is 1. The van der Waals surface area contributed by atoms with Crippen LogP contribution in [0.4, 0.5) is 0 Å². The Labute approximate surface area is 127 Å². The maximum atomic E-state index is 12.2. The van der Waals surface area contributed by atoms with Crippen LogP contribution in [-0.4, -0.2) is 28.0 Å². The number of benzene rings is 1. The van der Waals surface area contributed by atoms with E-state index in [4.69, 9.17) is 5.26 Å². The minimum atomic E-state index is -1.17. The van der Waals surface area contributed by atoms with Crippen molar-refractivity contribution in [2.24, 2.45) is 5.92 Å². The van der Waals surface area contributed by atoms with E-state index in [2.05, 4.69) is 10.3 Å². The van der Waals surface area contributed by atoms with Gasteiger partial charge in [-0.15, -0.1) is 0 Å². The molecule has 1 aromatic carbocycles. The molecule has 0 spiro atoms. The van der Waals surface area contributed by atoms with E-state index in [1.54, 1.807) is 25.1 Å². The first-order valence-corrected chi connectivity index (χ1v) is 6.79. The Bertz CT molecular complexity index is 752. The molecule has 2 aromatic rings. The summed E-state index contributed by atoms with van der Waals surface area (Å²) in [5.74, 6) is -2.23. The summed E-state index contributed by atoms with van der Waals surface area (Å²) >= 11 is 0. The van der Waals surface area contributed by atoms with Crippen molar-refractivity contribution >= 4 is 22.8 Å². The summed E-state index contributed by atoms with van der Waals surface area (Å²) in [5, 5.41) is 21.2. The van der Waals surface area contributed by atoms with Gasteiger partial charge < -0.3 is 10.4 Å². The second-order valence-electron chi connectivity index (χ2n) is 5.02. The Morgan fingerprint density at radius 3 is 2.73 bits per heavy atom. The van der Waals surface area contributed by atoms with E-state index in [0.717, 1.165) is 5.39 Å². The van der Waals surface area contributed by atoms with E-state index < -0.39 is 23.8 Å². The van der Waals surface area contributed by atoms with E-state index in [1.165, 1.54) is 0 Å². The molecular weight excluding hydrogens is 282 g/mol. The van der Waals surface area contributed by atoms with Crippen LogP contribution in [0.25, 0.3) is 10.9 Å². The highest BCUT2D eigenvalue weighted by Gasteiger charge is 2.27. The van der Waals surface area contributed by atoms with Gasteiger partial charge in [-0.25, -0.2) is 9.78 Å². The Hall–Kier alpha value is -2.94. The minimum Gasteiger partial charge on any atom is -0.480 e. The Balaban J connectivity index is 2.21. The number of aliphatic carboxylic acids is 1. The lowest BCUT2D eigenvalue weighted by atomic mass is 9.99. The first kappa shape index (κ1) is 15.4. The third-order valence-corrected chi connectivity index (χ3v) is 3.37. The molecule has 6 heteroatoms. The zero-order chi connectivity index (χ0) is 16.1. The van der Waals surface area contributed by atoms with Crippen molar-refractivity contribution in [3.05, 3.63) is 42.1 Å². The maximum Gasteiger partial charge on any atom is 0.326 e. The van der Waals surface area contributed by atoms with Crippen molar-refractivity contribution in [2.75, 3.05) is 0 Å². The second-order valence-corrected chi connectivity index (χ2v) is 5.02.